The molecule has 1 aromatic carbocycles. The number of benzene rings is 1. The summed E-state index contributed by atoms with van der Waals surface area (Å²) in [5.41, 5.74) is 5.19. The summed E-state index contributed by atoms with van der Waals surface area (Å²) in [4.78, 5) is 28.9. The normalized spacial score (nSPS) is 10.5. The summed E-state index contributed by atoms with van der Waals surface area (Å²) in [6.07, 6.45) is 0.948. The van der Waals surface area contributed by atoms with Crippen LogP contribution >= 0.6 is 22.7 Å². The summed E-state index contributed by atoms with van der Waals surface area (Å²) in [6, 6.07) is 8.04. The van der Waals surface area contributed by atoms with Crippen LogP contribution in [-0.4, -0.2) is 23.5 Å². The Morgan fingerprint density at radius 1 is 1.15 bits per heavy atom. The Hall–Kier alpha value is -2.51. The molecule has 0 aliphatic carbocycles. The molecular weight excluding hydrogens is 368 g/mol. The minimum absolute atomic E-state index is 0.266. The van der Waals surface area contributed by atoms with Crippen LogP contribution < -0.4 is 5.32 Å². The molecule has 0 saturated carbocycles. The molecule has 0 spiro atoms. The fraction of sp³-hybridized carbons (Fsp3) is 0.211. The molecule has 134 valence electrons. The first kappa shape index (κ1) is 18.3. The molecule has 0 radical (unpaired) electrons. The first-order chi connectivity index (χ1) is 12.6. The number of hydrogen-bond donors (Lipinski definition) is 1. The van der Waals surface area contributed by atoms with E-state index >= 15 is 0 Å². The Bertz CT molecular complexity index is 900. The monoisotopic (exact) mass is 386 g/mol. The molecule has 0 unspecified atom stereocenters. The predicted octanol–water partition coefficient (Wildman–Crippen LogP) is 4.86. The van der Waals surface area contributed by atoms with E-state index in [-0.39, 0.29) is 12.5 Å². The van der Waals surface area contributed by atoms with Crippen LogP contribution in [0.2, 0.25) is 0 Å². The maximum atomic E-state index is 12.5. The number of nitrogens with zero attached hydrogens (tertiary/aromatic N) is 1. The van der Waals surface area contributed by atoms with Crippen LogP contribution in [0.5, 0.6) is 0 Å². The number of carbonyl (C=O) groups is 2. The first-order valence-electron chi connectivity index (χ1n) is 8.21. The number of aromatic nitrogens is 1. The Labute approximate surface area is 159 Å². The van der Waals surface area contributed by atoms with E-state index < -0.39 is 5.97 Å². The number of esters is 1. The van der Waals surface area contributed by atoms with Gasteiger partial charge in [-0.1, -0.05) is 31.2 Å². The van der Waals surface area contributed by atoms with Gasteiger partial charge in [-0.25, -0.2) is 9.78 Å². The van der Waals surface area contributed by atoms with E-state index in [1.54, 1.807) is 17.8 Å². The van der Waals surface area contributed by atoms with Gasteiger partial charge in [0.25, 0.3) is 5.91 Å². The van der Waals surface area contributed by atoms with Gasteiger partial charge in [-0.2, -0.15) is 0 Å². The van der Waals surface area contributed by atoms with Crippen molar-refractivity contribution in [1.82, 2.24) is 4.98 Å². The van der Waals surface area contributed by atoms with Crippen LogP contribution in [0.4, 0.5) is 5.00 Å². The Balaban J connectivity index is 1.97. The number of nitrogens with one attached hydrogen (secondary N) is 1. The van der Waals surface area contributed by atoms with Crippen molar-refractivity contribution in [2.75, 3.05) is 11.9 Å². The Morgan fingerprint density at radius 2 is 1.92 bits per heavy atom. The lowest BCUT2D eigenvalue weighted by molar-refractivity contribution is 0.0529. The molecule has 0 atom stereocenters. The van der Waals surface area contributed by atoms with Crippen molar-refractivity contribution in [2.24, 2.45) is 0 Å². The van der Waals surface area contributed by atoms with Crippen molar-refractivity contribution in [1.29, 1.82) is 0 Å². The second kappa shape index (κ2) is 8.25. The van der Waals surface area contributed by atoms with Crippen LogP contribution in [0.15, 0.2) is 40.5 Å². The van der Waals surface area contributed by atoms with Crippen molar-refractivity contribution in [3.8, 4) is 11.1 Å². The molecule has 2 heterocycles. The fourth-order valence-electron chi connectivity index (χ4n) is 2.48. The average Bonchev–Trinajstić information content (AvgIpc) is 3.32. The van der Waals surface area contributed by atoms with E-state index in [0.29, 0.717) is 16.3 Å². The van der Waals surface area contributed by atoms with Gasteiger partial charge in [0.1, 0.15) is 16.3 Å². The molecule has 0 fully saturated rings. The Kier molecular flexibility index (Phi) is 5.80. The zero-order valence-corrected chi connectivity index (χ0v) is 16.1. The molecule has 2 aromatic heterocycles. The maximum Gasteiger partial charge on any atom is 0.341 e. The molecule has 1 amide bonds. The van der Waals surface area contributed by atoms with E-state index in [0.717, 1.165) is 17.5 Å². The van der Waals surface area contributed by atoms with E-state index in [9.17, 15) is 9.59 Å². The third kappa shape index (κ3) is 3.84. The van der Waals surface area contributed by atoms with Crippen LogP contribution in [0, 0.1) is 0 Å². The lowest BCUT2D eigenvalue weighted by Crippen LogP contribution is -2.15. The van der Waals surface area contributed by atoms with Gasteiger partial charge in [-0.15, -0.1) is 22.7 Å². The zero-order valence-electron chi connectivity index (χ0n) is 14.4. The van der Waals surface area contributed by atoms with Gasteiger partial charge in [0.2, 0.25) is 0 Å². The summed E-state index contributed by atoms with van der Waals surface area (Å²) in [5.74, 6) is -0.788. The SMILES string of the molecule is CCOC(=O)c1c(-c2ccc(CC)cc2)csc1NC(=O)c1cscn1. The lowest BCUT2D eigenvalue weighted by Gasteiger charge is -2.08. The number of hydrogen-bond acceptors (Lipinski definition) is 6. The molecule has 1 N–H and O–H groups in total. The van der Waals surface area contributed by atoms with Crippen molar-refractivity contribution in [2.45, 2.75) is 20.3 Å². The van der Waals surface area contributed by atoms with Gasteiger partial charge in [0.05, 0.1) is 12.1 Å². The smallest absolute Gasteiger partial charge is 0.341 e. The van der Waals surface area contributed by atoms with E-state index in [1.807, 2.05) is 29.6 Å². The second-order valence-corrected chi connectivity index (χ2v) is 7.05. The minimum Gasteiger partial charge on any atom is -0.462 e. The molecule has 0 saturated heterocycles. The fourth-order valence-corrected chi connectivity index (χ4v) is 3.96. The van der Waals surface area contributed by atoms with Gasteiger partial charge in [-0.3, -0.25) is 4.79 Å². The van der Waals surface area contributed by atoms with Crippen LogP contribution in [0.1, 0.15) is 40.3 Å². The van der Waals surface area contributed by atoms with Gasteiger partial charge in [0, 0.05) is 16.3 Å². The number of anilines is 1. The van der Waals surface area contributed by atoms with Crippen LogP contribution in [0.25, 0.3) is 11.1 Å². The van der Waals surface area contributed by atoms with Crippen LogP contribution in [0.3, 0.4) is 0 Å². The number of amides is 1. The molecule has 3 aromatic rings. The largest absolute Gasteiger partial charge is 0.462 e. The highest BCUT2D eigenvalue weighted by molar-refractivity contribution is 7.15. The summed E-state index contributed by atoms with van der Waals surface area (Å²) < 4.78 is 5.21. The van der Waals surface area contributed by atoms with Crippen molar-refractivity contribution >= 4 is 39.6 Å². The van der Waals surface area contributed by atoms with Gasteiger partial charge in [0.15, 0.2) is 0 Å². The van der Waals surface area contributed by atoms with Gasteiger partial charge in [-0.05, 0) is 24.5 Å². The average molecular weight is 386 g/mol. The van der Waals surface area contributed by atoms with Crippen molar-refractivity contribution in [3.05, 3.63) is 57.4 Å². The number of thiophene rings is 1. The number of carbonyl (C=O) groups excluding carboxylic acids is 2. The third-order valence-corrected chi connectivity index (χ3v) is 5.32. The summed E-state index contributed by atoms with van der Waals surface area (Å²) in [7, 11) is 0. The molecule has 7 heteroatoms. The van der Waals surface area contributed by atoms with E-state index in [4.69, 9.17) is 4.74 Å². The molecular formula is C19H18N2O3S2. The number of ether oxygens (including phenoxy) is 1. The third-order valence-electron chi connectivity index (χ3n) is 3.84. The Morgan fingerprint density at radius 3 is 2.54 bits per heavy atom. The molecule has 0 bridgehead atoms. The van der Waals surface area contributed by atoms with E-state index in [1.165, 1.54) is 28.2 Å². The molecule has 0 aliphatic heterocycles. The van der Waals surface area contributed by atoms with Gasteiger partial charge < -0.3 is 10.1 Å². The summed E-state index contributed by atoms with van der Waals surface area (Å²) in [5, 5.41) is 6.79. The van der Waals surface area contributed by atoms with Crippen LogP contribution in [-0.2, 0) is 11.2 Å². The van der Waals surface area contributed by atoms with Crippen molar-refractivity contribution < 1.29 is 14.3 Å². The number of aryl methyl sites for hydroxylation is 1. The first-order valence-corrected chi connectivity index (χ1v) is 10.0. The number of thiazole rings is 1. The quantitative estimate of drug-likeness (QED) is 0.614. The summed E-state index contributed by atoms with van der Waals surface area (Å²) >= 11 is 2.65. The minimum atomic E-state index is -0.447. The van der Waals surface area contributed by atoms with Crippen molar-refractivity contribution in [3.63, 3.8) is 0 Å². The standard InChI is InChI=1S/C19H18N2O3S2/c1-3-12-5-7-13(8-6-12)14-9-26-18(16(14)19(23)24-4-2)21-17(22)15-10-25-11-20-15/h5-11H,3-4H2,1-2H3,(H,21,22). The molecule has 5 nitrogen and oxygen atoms in total. The molecule has 0 aliphatic rings. The molecule has 26 heavy (non-hydrogen) atoms. The van der Waals surface area contributed by atoms with Gasteiger partial charge >= 0.3 is 5.97 Å². The number of rotatable bonds is 6. The topological polar surface area (TPSA) is 68.3 Å². The summed E-state index contributed by atoms with van der Waals surface area (Å²) in [6.45, 7) is 4.12. The highest BCUT2D eigenvalue weighted by Gasteiger charge is 2.23. The highest BCUT2D eigenvalue weighted by Crippen LogP contribution is 2.36. The molecule has 3 rings (SSSR count). The second-order valence-electron chi connectivity index (χ2n) is 5.45. The predicted molar refractivity (Wildman–Crippen MR) is 105 cm³/mol. The highest BCUT2D eigenvalue weighted by atomic mass is 32.1. The van der Waals surface area contributed by atoms with E-state index in [2.05, 4.69) is 17.2 Å². The lowest BCUT2D eigenvalue weighted by atomic mass is 10.0. The zero-order chi connectivity index (χ0) is 18.5. The maximum absolute atomic E-state index is 12.5.